The predicted molar refractivity (Wildman–Crippen MR) is 62.2 cm³/mol. The monoisotopic (exact) mass is 254 g/mol. The molecule has 1 aliphatic heterocycles. The van der Waals surface area contributed by atoms with Gasteiger partial charge in [-0.2, -0.15) is 0 Å². The lowest BCUT2D eigenvalue weighted by Crippen LogP contribution is -2.44. The van der Waals surface area contributed by atoms with E-state index in [1.807, 2.05) is 0 Å². The number of carbonyl (C=O) groups excluding carboxylic acids is 1. The molecule has 8 nitrogen and oxygen atoms in total. The molecule has 0 saturated carbocycles. The molecular weight excluding hydrogens is 240 g/mol. The molecular formula is C10H14N4O4. The minimum Gasteiger partial charge on any atom is -0.390 e. The topological polar surface area (TPSA) is 112 Å². The number of H-pyrrole nitrogens is 1. The number of rotatable bonds is 3. The average Bonchev–Trinajstić information content (AvgIpc) is 2.95. The van der Waals surface area contributed by atoms with E-state index in [-0.39, 0.29) is 23.5 Å². The molecule has 0 radical (unpaired) electrons. The first-order valence-electron chi connectivity index (χ1n) is 5.50. The summed E-state index contributed by atoms with van der Waals surface area (Å²) in [5.74, 6) is -0.604. The number of nitro groups is 1. The van der Waals surface area contributed by atoms with E-state index in [1.54, 1.807) is 7.05 Å². The number of hydrogen-bond donors (Lipinski definition) is 3. The van der Waals surface area contributed by atoms with Crippen molar-refractivity contribution in [1.29, 1.82) is 0 Å². The molecule has 2 rings (SSSR count). The summed E-state index contributed by atoms with van der Waals surface area (Å²) in [7, 11) is 1.57. The summed E-state index contributed by atoms with van der Waals surface area (Å²) in [5.41, 5.74) is 0.142. The van der Waals surface area contributed by atoms with Crippen molar-refractivity contribution in [3.8, 4) is 0 Å². The molecule has 1 amide bonds. The van der Waals surface area contributed by atoms with Crippen LogP contribution in [0.25, 0.3) is 0 Å². The number of likely N-dealkylation sites (N-methyl/N-ethyl adjacent to an activating group) is 1. The molecule has 18 heavy (non-hydrogen) atoms. The number of hydrogen-bond acceptors (Lipinski definition) is 5. The molecule has 8 heteroatoms. The van der Waals surface area contributed by atoms with E-state index < -0.39 is 11.0 Å². The van der Waals surface area contributed by atoms with Gasteiger partial charge in [0.2, 0.25) is 0 Å². The van der Waals surface area contributed by atoms with Gasteiger partial charge in [0, 0.05) is 26.2 Å². The standard InChI is InChI=1S/C10H14N4O4/c1-13(7-4-11-5-8(7)15)10(16)6-2-3-9(12-6)14(17)18/h2-3,7-8,11-12,15H,4-5H2,1H3/t7-,8-/m1/s1. The normalized spacial score (nSPS) is 23.0. The molecule has 1 aromatic heterocycles. The van der Waals surface area contributed by atoms with Crippen LogP contribution < -0.4 is 5.32 Å². The lowest BCUT2D eigenvalue weighted by molar-refractivity contribution is -0.389. The van der Waals surface area contributed by atoms with Crippen molar-refractivity contribution in [2.45, 2.75) is 12.1 Å². The Kier molecular flexibility index (Phi) is 3.30. The van der Waals surface area contributed by atoms with Crippen molar-refractivity contribution in [2.75, 3.05) is 20.1 Å². The van der Waals surface area contributed by atoms with Crippen LogP contribution in [0.3, 0.4) is 0 Å². The number of amides is 1. The zero-order valence-electron chi connectivity index (χ0n) is 9.79. The Morgan fingerprint density at radius 3 is 2.78 bits per heavy atom. The molecule has 3 N–H and O–H groups in total. The van der Waals surface area contributed by atoms with Gasteiger partial charge in [-0.1, -0.05) is 0 Å². The number of nitrogens with one attached hydrogen (secondary N) is 2. The lowest BCUT2D eigenvalue weighted by Gasteiger charge is -2.25. The summed E-state index contributed by atoms with van der Waals surface area (Å²) >= 11 is 0. The minimum absolute atomic E-state index is 0.142. The maximum atomic E-state index is 12.0. The number of aromatic nitrogens is 1. The third-order valence-corrected chi connectivity index (χ3v) is 3.07. The van der Waals surface area contributed by atoms with E-state index in [4.69, 9.17) is 0 Å². The fraction of sp³-hybridized carbons (Fsp3) is 0.500. The fourth-order valence-electron chi connectivity index (χ4n) is 2.00. The summed E-state index contributed by atoms with van der Waals surface area (Å²) in [6, 6.07) is 2.29. The molecule has 2 atom stereocenters. The number of aliphatic hydroxyl groups is 1. The molecule has 0 aromatic carbocycles. The van der Waals surface area contributed by atoms with Crippen LogP contribution in [0.5, 0.6) is 0 Å². The summed E-state index contributed by atoms with van der Waals surface area (Å²) in [6.07, 6.45) is -0.621. The van der Waals surface area contributed by atoms with E-state index in [0.717, 1.165) is 0 Å². The van der Waals surface area contributed by atoms with Crippen molar-refractivity contribution in [3.63, 3.8) is 0 Å². The third-order valence-electron chi connectivity index (χ3n) is 3.07. The van der Waals surface area contributed by atoms with Crippen molar-refractivity contribution in [1.82, 2.24) is 15.2 Å². The maximum absolute atomic E-state index is 12.0. The van der Waals surface area contributed by atoms with Crippen molar-refractivity contribution < 1.29 is 14.8 Å². The largest absolute Gasteiger partial charge is 0.390 e. The molecule has 1 aromatic rings. The summed E-state index contributed by atoms with van der Waals surface area (Å²) in [6.45, 7) is 0.944. The van der Waals surface area contributed by atoms with Crippen molar-refractivity contribution in [2.24, 2.45) is 0 Å². The van der Waals surface area contributed by atoms with E-state index in [0.29, 0.717) is 13.1 Å². The van der Waals surface area contributed by atoms with Crippen LogP contribution in [-0.4, -0.2) is 58.1 Å². The van der Waals surface area contributed by atoms with Crippen LogP contribution in [0.4, 0.5) is 5.82 Å². The number of aromatic amines is 1. The second kappa shape index (κ2) is 4.75. The molecule has 98 valence electrons. The number of carbonyl (C=O) groups is 1. The lowest BCUT2D eigenvalue weighted by atomic mass is 10.2. The minimum atomic E-state index is -0.621. The summed E-state index contributed by atoms with van der Waals surface area (Å²) in [4.78, 5) is 25.8. The Hall–Kier alpha value is -1.93. The number of β-amino-alcohol motifs (C(OH)–C–C–N with tert-alkyl or cyclic N) is 1. The maximum Gasteiger partial charge on any atom is 0.321 e. The van der Waals surface area contributed by atoms with Gasteiger partial charge in [-0.05, 0) is 11.0 Å². The highest BCUT2D eigenvalue weighted by molar-refractivity contribution is 5.93. The molecule has 0 spiro atoms. The van der Waals surface area contributed by atoms with Gasteiger partial charge >= 0.3 is 5.82 Å². The predicted octanol–water partition coefficient (Wildman–Crippen LogP) is -0.672. The molecule has 0 bridgehead atoms. The van der Waals surface area contributed by atoms with Gasteiger partial charge in [-0.15, -0.1) is 0 Å². The van der Waals surface area contributed by atoms with E-state index in [9.17, 15) is 20.0 Å². The van der Waals surface area contributed by atoms with Gasteiger partial charge < -0.3 is 25.4 Å². The molecule has 2 heterocycles. The molecule has 1 fully saturated rings. The third kappa shape index (κ3) is 2.20. The van der Waals surface area contributed by atoms with E-state index in [1.165, 1.54) is 17.0 Å². The zero-order valence-corrected chi connectivity index (χ0v) is 9.79. The number of nitrogens with zero attached hydrogens (tertiary/aromatic N) is 2. The van der Waals surface area contributed by atoms with E-state index in [2.05, 4.69) is 10.3 Å². The first-order valence-corrected chi connectivity index (χ1v) is 5.50. The van der Waals surface area contributed by atoms with E-state index >= 15 is 0 Å². The molecule has 1 aliphatic rings. The zero-order chi connectivity index (χ0) is 13.3. The van der Waals surface area contributed by atoms with Crippen LogP contribution in [0.1, 0.15) is 10.5 Å². The number of aliphatic hydroxyl groups excluding tert-OH is 1. The van der Waals surface area contributed by atoms with Crippen LogP contribution in [0.2, 0.25) is 0 Å². The Morgan fingerprint density at radius 2 is 2.28 bits per heavy atom. The first-order chi connectivity index (χ1) is 8.50. The smallest absolute Gasteiger partial charge is 0.321 e. The second-order valence-corrected chi connectivity index (χ2v) is 4.22. The van der Waals surface area contributed by atoms with Crippen molar-refractivity contribution in [3.05, 3.63) is 27.9 Å². The van der Waals surface area contributed by atoms with Gasteiger partial charge in [0.1, 0.15) is 0 Å². The first kappa shape index (κ1) is 12.5. The van der Waals surface area contributed by atoms with Crippen molar-refractivity contribution >= 4 is 11.7 Å². The Bertz CT molecular complexity index is 472. The average molecular weight is 254 g/mol. The van der Waals surface area contributed by atoms with Crippen LogP contribution in [0, 0.1) is 10.1 Å². The van der Waals surface area contributed by atoms with Crippen LogP contribution in [-0.2, 0) is 0 Å². The highest BCUT2D eigenvalue weighted by Crippen LogP contribution is 2.15. The highest BCUT2D eigenvalue weighted by Gasteiger charge is 2.33. The fourth-order valence-corrected chi connectivity index (χ4v) is 2.00. The SMILES string of the molecule is CN(C(=O)c1ccc([N+](=O)[O-])[nH]1)[C@@H]1CNC[C@H]1O. The van der Waals surface area contributed by atoms with Crippen LogP contribution >= 0.6 is 0 Å². The molecule has 1 saturated heterocycles. The van der Waals surface area contributed by atoms with Gasteiger partial charge in [-0.3, -0.25) is 4.79 Å². The van der Waals surface area contributed by atoms with Gasteiger partial charge in [0.25, 0.3) is 5.91 Å². The van der Waals surface area contributed by atoms with Gasteiger partial charge in [0.05, 0.1) is 12.1 Å². The summed E-state index contributed by atoms with van der Waals surface area (Å²) < 4.78 is 0. The Morgan fingerprint density at radius 1 is 1.56 bits per heavy atom. The Labute approximate surface area is 103 Å². The quantitative estimate of drug-likeness (QED) is 0.489. The molecule has 0 aliphatic carbocycles. The highest BCUT2D eigenvalue weighted by atomic mass is 16.6. The molecule has 0 unspecified atom stereocenters. The van der Waals surface area contributed by atoms with Gasteiger partial charge in [-0.25, -0.2) is 4.98 Å². The van der Waals surface area contributed by atoms with Gasteiger partial charge in [0.15, 0.2) is 5.69 Å². The summed E-state index contributed by atoms with van der Waals surface area (Å²) in [5, 5.41) is 23.2. The Balaban J connectivity index is 2.12. The second-order valence-electron chi connectivity index (χ2n) is 4.22. The van der Waals surface area contributed by atoms with Crippen LogP contribution in [0.15, 0.2) is 12.1 Å².